The number of alkyl carbamates (subject to hydrolysis) is 1. The molecule has 0 aromatic heterocycles. The van der Waals surface area contributed by atoms with Crippen LogP contribution >= 0.6 is 0 Å². The van der Waals surface area contributed by atoms with Crippen molar-refractivity contribution in [2.45, 2.75) is 5.92 Å². The Hall–Kier alpha value is -4.63. The maximum absolute atomic E-state index is 12.2. The van der Waals surface area contributed by atoms with Crippen molar-refractivity contribution in [3.63, 3.8) is 0 Å². The van der Waals surface area contributed by atoms with Gasteiger partial charge in [0.2, 0.25) is 0 Å². The Kier molecular flexibility index (Phi) is 5.67. The van der Waals surface area contributed by atoms with E-state index < -0.39 is 6.09 Å². The van der Waals surface area contributed by atoms with Gasteiger partial charge >= 0.3 is 6.09 Å². The molecule has 5 rings (SSSR count). The lowest BCUT2D eigenvalue weighted by Crippen LogP contribution is -2.29. The van der Waals surface area contributed by atoms with Gasteiger partial charge in [-0.05, 0) is 46.5 Å². The topological polar surface area (TPSA) is 75.7 Å². The van der Waals surface area contributed by atoms with E-state index in [-0.39, 0.29) is 30.9 Å². The second-order valence-electron chi connectivity index (χ2n) is 7.87. The van der Waals surface area contributed by atoms with Crippen LogP contribution in [-0.4, -0.2) is 31.1 Å². The number of ether oxygens (including phenoxy) is 1. The molecule has 2 aliphatic rings. The summed E-state index contributed by atoms with van der Waals surface area (Å²) in [5.41, 5.74) is 5.87. The second kappa shape index (κ2) is 9.08. The molecule has 1 aliphatic heterocycles. The molecule has 0 saturated carbocycles. The number of nitrogens with one attached hydrogen (secondary N) is 1. The molecule has 3 aromatic carbocycles. The molecule has 0 fully saturated rings. The number of imide groups is 1. The van der Waals surface area contributed by atoms with Gasteiger partial charge in [0.05, 0.1) is 12.2 Å². The van der Waals surface area contributed by atoms with Gasteiger partial charge in [-0.1, -0.05) is 60.4 Å². The number of rotatable bonds is 4. The number of benzene rings is 3. The number of nitrogens with zero attached hydrogens (tertiary/aromatic N) is 1. The summed E-state index contributed by atoms with van der Waals surface area (Å²) in [7, 11) is 0. The fourth-order valence-corrected chi connectivity index (χ4v) is 4.26. The first-order valence-electron chi connectivity index (χ1n) is 10.9. The third-order valence-electron chi connectivity index (χ3n) is 5.83. The lowest BCUT2D eigenvalue weighted by atomic mass is 9.98. The van der Waals surface area contributed by atoms with Gasteiger partial charge in [0.15, 0.2) is 0 Å². The summed E-state index contributed by atoms with van der Waals surface area (Å²) in [5, 5.41) is 2.65. The smallest absolute Gasteiger partial charge is 0.407 e. The third kappa shape index (κ3) is 4.07. The minimum absolute atomic E-state index is 0.00678. The molecule has 0 saturated heterocycles. The molecule has 1 aliphatic carbocycles. The fourth-order valence-electron chi connectivity index (χ4n) is 4.26. The number of amides is 3. The van der Waals surface area contributed by atoms with Crippen molar-refractivity contribution in [3.8, 4) is 23.0 Å². The Morgan fingerprint density at radius 1 is 0.853 bits per heavy atom. The van der Waals surface area contributed by atoms with E-state index in [0.717, 1.165) is 16.0 Å². The third-order valence-corrected chi connectivity index (χ3v) is 5.83. The Morgan fingerprint density at radius 3 is 2.06 bits per heavy atom. The van der Waals surface area contributed by atoms with Crippen LogP contribution in [0.2, 0.25) is 0 Å². The molecule has 6 nitrogen and oxygen atoms in total. The zero-order valence-electron chi connectivity index (χ0n) is 18.2. The number of carbonyl (C=O) groups excluding carboxylic acids is 3. The largest absolute Gasteiger partial charge is 0.449 e. The van der Waals surface area contributed by atoms with Crippen LogP contribution in [0.4, 0.5) is 10.5 Å². The molecule has 3 amide bonds. The highest BCUT2D eigenvalue weighted by Crippen LogP contribution is 2.44. The lowest BCUT2D eigenvalue weighted by molar-refractivity contribution is -0.119. The molecular weight excluding hydrogens is 428 g/mol. The van der Waals surface area contributed by atoms with E-state index in [1.807, 2.05) is 24.3 Å². The van der Waals surface area contributed by atoms with Crippen molar-refractivity contribution >= 4 is 23.6 Å². The van der Waals surface area contributed by atoms with Crippen molar-refractivity contribution in [1.82, 2.24) is 5.32 Å². The van der Waals surface area contributed by atoms with Gasteiger partial charge < -0.3 is 10.1 Å². The normalized spacial score (nSPS) is 13.8. The Morgan fingerprint density at radius 2 is 1.44 bits per heavy atom. The average molecular weight is 448 g/mol. The van der Waals surface area contributed by atoms with Crippen LogP contribution in [-0.2, 0) is 14.3 Å². The first-order valence-corrected chi connectivity index (χ1v) is 10.9. The van der Waals surface area contributed by atoms with Gasteiger partial charge in [0.25, 0.3) is 11.8 Å². The van der Waals surface area contributed by atoms with Crippen LogP contribution in [0.1, 0.15) is 22.6 Å². The maximum atomic E-state index is 12.2. The van der Waals surface area contributed by atoms with Crippen molar-refractivity contribution < 1.29 is 19.1 Å². The summed E-state index contributed by atoms with van der Waals surface area (Å²) in [6.45, 7) is 0.378. The predicted octanol–water partition coefficient (Wildman–Crippen LogP) is 4.01. The van der Waals surface area contributed by atoms with E-state index >= 15 is 0 Å². The zero-order chi connectivity index (χ0) is 23.5. The Labute approximate surface area is 196 Å². The highest BCUT2D eigenvalue weighted by atomic mass is 16.5. The molecule has 0 unspecified atom stereocenters. The van der Waals surface area contributed by atoms with E-state index in [1.54, 1.807) is 24.3 Å². The number of anilines is 1. The fraction of sp³-hybridized carbons (Fsp3) is 0.107. The van der Waals surface area contributed by atoms with Crippen molar-refractivity contribution in [1.29, 1.82) is 0 Å². The summed E-state index contributed by atoms with van der Waals surface area (Å²) < 4.78 is 5.49. The minimum Gasteiger partial charge on any atom is -0.449 e. The average Bonchev–Trinajstić information content (AvgIpc) is 3.37. The molecule has 1 N–H and O–H groups in total. The standard InChI is InChI=1S/C28H20N2O4/c31-26-15-16-27(32)30(26)20-13-11-19(12-14-20)6-5-17-29-28(33)34-18-25-23-9-3-1-7-21(23)22-8-2-4-10-24(22)25/h1-4,7-16,25H,17-18H2,(H,29,33). The van der Waals surface area contributed by atoms with Gasteiger partial charge in [-0.25, -0.2) is 9.69 Å². The molecule has 0 spiro atoms. The van der Waals surface area contributed by atoms with E-state index in [1.165, 1.54) is 23.3 Å². The van der Waals surface area contributed by atoms with E-state index in [2.05, 4.69) is 41.4 Å². The molecule has 166 valence electrons. The van der Waals surface area contributed by atoms with Crippen LogP contribution in [0.25, 0.3) is 11.1 Å². The molecule has 34 heavy (non-hydrogen) atoms. The van der Waals surface area contributed by atoms with E-state index in [0.29, 0.717) is 11.3 Å². The Bertz CT molecular complexity index is 1320. The van der Waals surface area contributed by atoms with E-state index in [4.69, 9.17) is 4.74 Å². The number of carbonyl (C=O) groups is 3. The van der Waals surface area contributed by atoms with E-state index in [9.17, 15) is 14.4 Å². The summed E-state index contributed by atoms with van der Waals surface area (Å²) >= 11 is 0. The number of hydrogen-bond donors (Lipinski definition) is 1. The summed E-state index contributed by atoms with van der Waals surface area (Å²) in [6, 6.07) is 23.1. The van der Waals surface area contributed by atoms with Gasteiger partial charge in [-0.3, -0.25) is 9.59 Å². The predicted molar refractivity (Wildman–Crippen MR) is 128 cm³/mol. The molecule has 0 radical (unpaired) electrons. The van der Waals surface area contributed by atoms with Crippen LogP contribution in [0.15, 0.2) is 84.9 Å². The molecule has 0 atom stereocenters. The van der Waals surface area contributed by atoms with Crippen LogP contribution < -0.4 is 10.2 Å². The molecule has 3 aromatic rings. The monoisotopic (exact) mass is 448 g/mol. The summed E-state index contributed by atoms with van der Waals surface area (Å²) in [4.78, 5) is 36.8. The number of fused-ring (bicyclic) bond motifs is 3. The van der Waals surface area contributed by atoms with Gasteiger partial charge in [-0.15, -0.1) is 0 Å². The quantitative estimate of drug-likeness (QED) is 0.484. The van der Waals surface area contributed by atoms with Gasteiger partial charge in [-0.2, -0.15) is 0 Å². The SMILES string of the molecule is O=C(NCC#Cc1ccc(N2C(=O)C=CC2=O)cc1)OCC1c2ccccc2-c2ccccc21. The van der Waals surface area contributed by atoms with Crippen LogP contribution in [0, 0.1) is 11.8 Å². The minimum atomic E-state index is -0.523. The highest BCUT2D eigenvalue weighted by Gasteiger charge is 2.29. The van der Waals surface area contributed by atoms with Crippen LogP contribution in [0.5, 0.6) is 0 Å². The zero-order valence-corrected chi connectivity index (χ0v) is 18.2. The second-order valence-corrected chi connectivity index (χ2v) is 7.87. The first-order chi connectivity index (χ1) is 16.6. The van der Waals surface area contributed by atoms with Gasteiger partial charge in [0.1, 0.15) is 6.61 Å². The van der Waals surface area contributed by atoms with Crippen LogP contribution in [0.3, 0.4) is 0 Å². The molecule has 0 bridgehead atoms. The maximum Gasteiger partial charge on any atom is 0.407 e. The molecule has 1 heterocycles. The lowest BCUT2D eigenvalue weighted by Gasteiger charge is -2.14. The molecule has 6 heteroatoms. The highest BCUT2D eigenvalue weighted by molar-refractivity contribution is 6.28. The van der Waals surface area contributed by atoms with Gasteiger partial charge in [0, 0.05) is 23.6 Å². The summed E-state index contributed by atoms with van der Waals surface area (Å²) in [5.74, 6) is 5.09. The molecular formula is C28H20N2O4. The van der Waals surface area contributed by atoms with Crippen molar-refractivity contribution in [3.05, 3.63) is 102 Å². The Balaban J connectivity index is 1.14. The van der Waals surface area contributed by atoms with Crippen molar-refractivity contribution in [2.75, 3.05) is 18.1 Å². The first kappa shape index (κ1) is 21.2. The summed E-state index contributed by atoms with van der Waals surface area (Å²) in [6.07, 6.45) is 1.96. The van der Waals surface area contributed by atoms with Crippen molar-refractivity contribution in [2.24, 2.45) is 0 Å². The number of hydrogen-bond acceptors (Lipinski definition) is 4.